The maximum atomic E-state index is 10.3. The van der Waals surface area contributed by atoms with Gasteiger partial charge >= 0.3 is 0 Å². The maximum absolute atomic E-state index is 10.3. The predicted molar refractivity (Wildman–Crippen MR) is 86.0 cm³/mol. The van der Waals surface area contributed by atoms with Gasteiger partial charge in [0.05, 0.1) is 30.1 Å². The Balaban J connectivity index is 1.54. The van der Waals surface area contributed by atoms with Crippen LogP contribution < -0.4 is 0 Å². The summed E-state index contributed by atoms with van der Waals surface area (Å²) in [6, 6.07) is 0. The average molecular weight is 343 g/mol. The van der Waals surface area contributed by atoms with E-state index in [9.17, 15) is 10.2 Å². The lowest BCUT2D eigenvalue weighted by atomic mass is 9.76. The topological polar surface area (TPSA) is 91.9 Å². The van der Waals surface area contributed by atoms with Crippen molar-refractivity contribution in [3.63, 3.8) is 0 Å². The van der Waals surface area contributed by atoms with Gasteiger partial charge in [0.15, 0.2) is 5.82 Å². The Morgan fingerprint density at radius 1 is 1.39 bits per heavy atom. The van der Waals surface area contributed by atoms with Gasteiger partial charge in [-0.2, -0.15) is 16.7 Å². The molecular formula is C15H25N3O4S. The molecule has 0 radical (unpaired) electrons. The first kappa shape index (κ1) is 17.2. The largest absolute Gasteiger partial charge is 0.388 e. The van der Waals surface area contributed by atoms with Crippen molar-refractivity contribution in [3.8, 4) is 0 Å². The molecule has 0 unspecified atom stereocenters. The van der Waals surface area contributed by atoms with E-state index in [0.29, 0.717) is 18.9 Å². The Labute approximate surface area is 140 Å². The zero-order valence-electron chi connectivity index (χ0n) is 13.7. The summed E-state index contributed by atoms with van der Waals surface area (Å²) in [6.07, 6.45) is 3.35. The number of aliphatic hydroxyl groups excluding tert-OH is 1. The number of likely N-dealkylation sites (tertiary alicyclic amines) is 1. The van der Waals surface area contributed by atoms with E-state index >= 15 is 0 Å². The van der Waals surface area contributed by atoms with Crippen molar-refractivity contribution in [2.45, 2.75) is 55.8 Å². The normalized spacial score (nSPS) is 31.6. The minimum atomic E-state index is -1.07. The fraction of sp³-hybridized carbons (Fsp3) is 0.867. The Morgan fingerprint density at radius 3 is 2.78 bits per heavy atom. The number of hydrogen-bond acceptors (Lipinski definition) is 8. The number of rotatable bonds is 4. The lowest BCUT2D eigenvalue weighted by Gasteiger charge is -2.49. The van der Waals surface area contributed by atoms with Gasteiger partial charge in [0.25, 0.3) is 0 Å². The summed E-state index contributed by atoms with van der Waals surface area (Å²) in [4.78, 5) is 6.66. The smallest absolute Gasteiger partial charge is 0.240 e. The summed E-state index contributed by atoms with van der Waals surface area (Å²) >= 11 is 1.67. The van der Waals surface area contributed by atoms with Crippen molar-refractivity contribution in [1.82, 2.24) is 15.0 Å². The van der Waals surface area contributed by atoms with Gasteiger partial charge in [-0.3, -0.25) is 4.90 Å². The molecule has 0 amide bonds. The van der Waals surface area contributed by atoms with E-state index in [1.54, 1.807) is 18.7 Å². The highest BCUT2D eigenvalue weighted by Crippen LogP contribution is 2.39. The predicted octanol–water partition coefficient (Wildman–Crippen LogP) is 0.799. The van der Waals surface area contributed by atoms with Crippen molar-refractivity contribution < 1.29 is 19.5 Å². The highest BCUT2D eigenvalue weighted by molar-refractivity contribution is 7.97. The van der Waals surface area contributed by atoms with Gasteiger partial charge in [-0.25, -0.2) is 0 Å². The monoisotopic (exact) mass is 343 g/mol. The number of piperidine rings is 1. The number of nitrogens with zero attached hydrogens (tertiary/aromatic N) is 3. The second kappa shape index (κ2) is 6.68. The zero-order valence-corrected chi connectivity index (χ0v) is 14.5. The number of hydrogen-bond donors (Lipinski definition) is 2. The Hall–Kier alpha value is -0.670. The summed E-state index contributed by atoms with van der Waals surface area (Å²) in [5, 5.41) is 24.1. The van der Waals surface area contributed by atoms with Crippen molar-refractivity contribution >= 4 is 11.8 Å². The molecule has 8 heteroatoms. The molecule has 3 rings (SSSR count). The van der Waals surface area contributed by atoms with Crippen LogP contribution >= 0.6 is 11.8 Å². The van der Waals surface area contributed by atoms with Gasteiger partial charge in [0.1, 0.15) is 6.10 Å². The maximum Gasteiger partial charge on any atom is 0.240 e. The van der Waals surface area contributed by atoms with Gasteiger partial charge in [0.2, 0.25) is 5.89 Å². The molecule has 1 spiro atoms. The molecule has 0 aliphatic carbocycles. The second-order valence-electron chi connectivity index (χ2n) is 6.86. The molecule has 0 bridgehead atoms. The summed E-state index contributed by atoms with van der Waals surface area (Å²) in [7, 11) is 0. The molecule has 23 heavy (non-hydrogen) atoms. The SMILES string of the molecule is CSCc1noc(CN2CCC3(CC2)C[C@](C)(O)[C@@H](O)CO3)n1. The first-order chi connectivity index (χ1) is 10.9. The Bertz CT molecular complexity index is 529. The third kappa shape index (κ3) is 3.88. The molecule has 2 aliphatic rings. The third-order valence-electron chi connectivity index (χ3n) is 4.86. The fourth-order valence-corrected chi connectivity index (χ4v) is 3.80. The zero-order chi connectivity index (χ0) is 16.5. The molecule has 1 aromatic rings. The minimum Gasteiger partial charge on any atom is -0.388 e. The number of aromatic nitrogens is 2. The van der Waals surface area contributed by atoms with Crippen molar-refractivity contribution in [2.75, 3.05) is 26.0 Å². The van der Waals surface area contributed by atoms with E-state index in [1.807, 2.05) is 6.26 Å². The molecule has 2 aliphatic heterocycles. The Morgan fingerprint density at radius 2 is 2.13 bits per heavy atom. The van der Waals surface area contributed by atoms with Crippen LogP contribution in [0.1, 0.15) is 37.9 Å². The highest BCUT2D eigenvalue weighted by Gasteiger charge is 2.48. The molecule has 1 aromatic heterocycles. The van der Waals surface area contributed by atoms with Crippen LogP contribution in [0.4, 0.5) is 0 Å². The summed E-state index contributed by atoms with van der Waals surface area (Å²) in [5.41, 5.74) is -1.39. The van der Waals surface area contributed by atoms with Crippen LogP contribution in [0.3, 0.4) is 0 Å². The van der Waals surface area contributed by atoms with Gasteiger partial charge in [0, 0.05) is 19.5 Å². The quantitative estimate of drug-likeness (QED) is 0.829. The number of thioether (sulfide) groups is 1. The fourth-order valence-electron chi connectivity index (χ4n) is 3.43. The van der Waals surface area contributed by atoms with Crippen LogP contribution in [0.25, 0.3) is 0 Å². The van der Waals surface area contributed by atoms with Crippen LogP contribution in [-0.4, -0.2) is 68.5 Å². The molecule has 2 N–H and O–H groups in total. The molecule has 2 saturated heterocycles. The van der Waals surface area contributed by atoms with Crippen LogP contribution in [0, 0.1) is 0 Å². The lowest BCUT2D eigenvalue weighted by Crippen LogP contribution is -2.59. The van der Waals surface area contributed by atoms with Crippen molar-refractivity contribution in [2.24, 2.45) is 0 Å². The minimum absolute atomic E-state index is 0.203. The molecule has 3 heterocycles. The van der Waals surface area contributed by atoms with E-state index in [0.717, 1.165) is 37.5 Å². The van der Waals surface area contributed by atoms with Gasteiger partial charge < -0.3 is 19.5 Å². The summed E-state index contributed by atoms with van der Waals surface area (Å²) in [6.45, 7) is 4.25. The highest BCUT2D eigenvalue weighted by atomic mass is 32.2. The van der Waals surface area contributed by atoms with Gasteiger partial charge in [-0.1, -0.05) is 5.16 Å². The molecule has 130 valence electrons. The molecule has 0 aromatic carbocycles. The van der Waals surface area contributed by atoms with Crippen LogP contribution in [0.5, 0.6) is 0 Å². The lowest BCUT2D eigenvalue weighted by molar-refractivity contribution is -0.223. The Kier molecular flexibility index (Phi) is 4.98. The number of ether oxygens (including phenoxy) is 1. The van der Waals surface area contributed by atoms with Gasteiger partial charge in [-0.15, -0.1) is 0 Å². The van der Waals surface area contributed by atoms with E-state index < -0.39 is 11.7 Å². The van der Waals surface area contributed by atoms with E-state index in [-0.39, 0.29) is 12.2 Å². The van der Waals surface area contributed by atoms with E-state index in [1.165, 1.54) is 0 Å². The van der Waals surface area contributed by atoms with Crippen LogP contribution in [-0.2, 0) is 17.0 Å². The van der Waals surface area contributed by atoms with E-state index in [4.69, 9.17) is 9.26 Å². The standard InChI is InChI=1S/C15H25N3O4S/c1-14(20)10-15(21-8-11(14)19)3-5-18(6-4-15)7-13-16-12(9-23-2)17-22-13/h11,19-20H,3-10H2,1-2H3/t11-,14-/m0/s1. The summed E-state index contributed by atoms with van der Waals surface area (Å²) in [5.74, 6) is 2.15. The molecule has 7 nitrogen and oxygen atoms in total. The van der Waals surface area contributed by atoms with Gasteiger partial charge in [-0.05, 0) is 26.0 Å². The molecule has 2 atom stereocenters. The van der Waals surface area contributed by atoms with Crippen molar-refractivity contribution in [3.05, 3.63) is 11.7 Å². The molecule has 0 saturated carbocycles. The molecule has 2 fully saturated rings. The van der Waals surface area contributed by atoms with Crippen LogP contribution in [0.15, 0.2) is 4.52 Å². The summed E-state index contributed by atoms with van der Waals surface area (Å²) < 4.78 is 11.2. The second-order valence-corrected chi connectivity index (χ2v) is 7.72. The first-order valence-electron chi connectivity index (χ1n) is 8.00. The average Bonchev–Trinajstić information content (AvgIpc) is 2.93. The van der Waals surface area contributed by atoms with Crippen LogP contribution in [0.2, 0.25) is 0 Å². The van der Waals surface area contributed by atoms with E-state index in [2.05, 4.69) is 15.0 Å². The molecular weight excluding hydrogens is 318 g/mol. The first-order valence-corrected chi connectivity index (χ1v) is 9.39. The third-order valence-corrected chi connectivity index (χ3v) is 5.40. The number of aliphatic hydroxyl groups is 2. The van der Waals surface area contributed by atoms with Crippen molar-refractivity contribution in [1.29, 1.82) is 0 Å².